The van der Waals surface area contributed by atoms with Crippen molar-refractivity contribution >= 4 is 31.8 Å². The first-order chi connectivity index (χ1) is 8.09. The third-order valence-electron chi connectivity index (χ3n) is 2.22. The molecule has 0 atom stereocenters. The summed E-state index contributed by atoms with van der Waals surface area (Å²) in [5.41, 5.74) is 0.498. The molecular formula is C11H18BrN3O2S. The van der Waals surface area contributed by atoms with Crippen LogP contribution in [0.5, 0.6) is 0 Å². The lowest BCUT2D eigenvalue weighted by atomic mass is 10.1. The van der Waals surface area contributed by atoms with Gasteiger partial charge in [-0.05, 0) is 48.3 Å². The van der Waals surface area contributed by atoms with Crippen molar-refractivity contribution in [3.63, 3.8) is 0 Å². The molecule has 102 valence electrons. The van der Waals surface area contributed by atoms with Gasteiger partial charge in [-0.25, -0.2) is 18.1 Å². The highest BCUT2D eigenvalue weighted by molar-refractivity contribution is 9.10. The smallest absolute Gasteiger partial charge is 0.209 e. The molecule has 1 rings (SSSR count). The van der Waals surface area contributed by atoms with Gasteiger partial charge in [-0.2, -0.15) is 0 Å². The number of nitrogens with one attached hydrogen (secondary N) is 2. The van der Waals surface area contributed by atoms with Crippen molar-refractivity contribution in [1.82, 2.24) is 9.71 Å². The fourth-order valence-electron chi connectivity index (χ4n) is 1.49. The van der Waals surface area contributed by atoms with E-state index in [4.69, 9.17) is 0 Å². The quantitative estimate of drug-likeness (QED) is 0.861. The van der Waals surface area contributed by atoms with Crippen LogP contribution in [0.3, 0.4) is 0 Å². The summed E-state index contributed by atoms with van der Waals surface area (Å²) in [5.74, 6) is 0.721. The molecule has 0 aromatic carbocycles. The second-order valence-corrected chi connectivity index (χ2v) is 7.53. The van der Waals surface area contributed by atoms with E-state index in [0.29, 0.717) is 6.54 Å². The molecule has 18 heavy (non-hydrogen) atoms. The minimum atomic E-state index is -3.22. The number of aryl methyl sites for hydroxylation is 1. The highest BCUT2D eigenvalue weighted by Crippen LogP contribution is 2.17. The van der Waals surface area contributed by atoms with Gasteiger partial charge < -0.3 is 5.32 Å². The summed E-state index contributed by atoms with van der Waals surface area (Å²) < 4.78 is 25.9. The second-order valence-electron chi connectivity index (χ2n) is 4.93. The van der Waals surface area contributed by atoms with E-state index in [1.54, 1.807) is 6.20 Å². The molecule has 0 aliphatic carbocycles. The maximum absolute atomic E-state index is 11.2. The van der Waals surface area contributed by atoms with Crippen molar-refractivity contribution in [1.29, 1.82) is 0 Å². The Morgan fingerprint density at radius 2 is 2.06 bits per heavy atom. The number of anilines is 1. The number of aromatic nitrogens is 1. The number of sulfonamides is 1. The Kier molecular flexibility index (Phi) is 4.74. The number of rotatable bonds is 5. The lowest BCUT2D eigenvalue weighted by Crippen LogP contribution is -2.47. The van der Waals surface area contributed by atoms with Gasteiger partial charge in [0, 0.05) is 22.8 Å². The van der Waals surface area contributed by atoms with E-state index < -0.39 is 15.6 Å². The molecule has 0 amide bonds. The molecule has 0 saturated heterocycles. The third-order valence-corrected chi connectivity index (χ3v) is 3.97. The van der Waals surface area contributed by atoms with Gasteiger partial charge in [0.25, 0.3) is 0 Å². The van der Waals surface area contributed by atoms with Crippen molar-refractivity contribution in [2.24, 2.45) is 0 Å². The molecule has 1 aromatic rings. The highest BCUT2D eigenvalue weighted by atomic mass is 79.9. The summed E-state index contributed by atoms with van der Waals surface area (Å²) in [7, 11) is -3.22. The Morgan fingerprint density at radius 3 is 2.56 bits per heavy atom. The molecular weight excluding hydrogens is 318 g/mol. The molecule has 1 heterocycles. The molecule has 0 saturated carbocycles. The lowest BCUT2D eigenvalue weighted by Gasteiger charge is -2.25. The topological polar surface area (TPSA) is 71.1 Å². The van der Waals surface area contributed by atoms with Gasteiger partial charge in [0.1, 0.15) is 5.82 Å². The van der Waals surface area contributed by atoms with Gasteiger partial charge in [0.15, 0.2) is 0 Å². The molecule has 2 N–H and O–H groups in total. The minimum Gasteiger partial charge on any atom is -0.368 e. The number of hydrogen-bond acceptors (Lipinski definition) is 4. The van der Waals surface area contributed by atoms with E-state index in [0.717, 1.165) is 22.1 Å². The van der Waals surface area contributed by atoms with E-state index in [9.17, 15) is 8.42 Å². The Labute approximate surface area is 117 Å². The molecule has 0 spiro atoms. The number of halogens is 1. The van der Waals surface area contributed by atoms with Crippen LogP contribution in [0.4, 0.5) is 5.82 Å². The SMILES string of the molecule is Cc1cc(NCC(C)(C)NS(C)(=O)=O)ncc1Br. The maximum Gasteiger partial charge on any atom is 0.209 e. The maximum atomic E-state index is 11.2. The van der Waals surface area contributed by atoms with Crippen LogP contribution in [0.15, 0.2) is 16.7 Å². The van der Waals surface area contributed by atoms with Crippen molar-refractivity contribution in [3.8, 4) is 0 Å². The summed E-state index contributed by atoms with van der Waals surface area (Å²) in [6.45, 7) is 6.05. The van der Waals surface area contributed by atoms with Crippen molar-refractivity contribution in [3.05, 3.63) is 22.3 Å². The van der Waals surface area contributed by atoms with E-state index in [2.05, 4.69) is 31.0 Å². The van der Waals surface area contributed by atoms with Crippen LogP contribution in [0.25, 0.3) is 0 Å². The summed E-state index contributed by atoms with van der Waals surface area (Å²) in [6, 6.07) is 1.90. The van der Waals surface area contributed by atoms with Crippen LogP contribution in [-0.4, -0.2) is 31.7 Å². The summed E-state index contributed by atoms with van der Waals surface area (Å²) in [6.07, 6.45) is 2.87. The average Bonchev–Trinajstić information content (AvgIpc) is 2.16. The molecule has 0 radical (unpaired) electrons. The van der Waals surface area contributed by atoms with Crippen molar-refractivity contribution in [2.75, 3.05) is 18.1 Å². The second kappa shape index (κ2) is 5.54. The Hall–Kier alpha value is -0.660. The highest BCUT2D eigenvalue weighted by Gasteiger charge is 2.21. The molecule has 0 unspecified atom stereocenters. The molecule has 0 aliphatic rings. The number of nitrogens with zero attached hydrogens (tertiary/aromatic N) is 1. The van der Waals surface area contributed by atoms with Gasteiger partial charge in [0.2, 0.25) is 10.0 Å². The van der Waals surface area contributed by atoms with Crippen molar-refractivity contribution < 1.29 is 8.42 Å². The molecule has 0 bridgehead atoms. The first kappa shape index (κ1) is 15.4. The Bertz CT molecular complexity index is 529. The van der Waals surface area contributed by atoms with Crippen LogP contribution < -0.4 is 10.0 Å². The molecule has 1 aromatic heterocycles. The molecule has 5 nitrogen and oxygen atoms in total. The van der Waals surface area contributed by atoms with Crippen molar-refractivity contribution in [2.45, 2.75) is 26.3 Å². The fourth-order valence-corrected chi connectivity index (χ4v) is 2.78. The van der Waals surface area contributed by atoms with Gasteiger partial charge >= 0.3 is 0 Å². The molecule has 0 fully saturated rings. The summed E-state index contributed by atoms with van der Waals surface area (Å²) >= 11 is 3.38. The predicted octanol–water partition coefficient (Wildman–Crippen LogP) is 1.89. The first-order valence-electron chi connectivity index (χ1n) is 5.44. The third kappa shape index (κ3) is 5.32. The Morgan fingerprint density at radius 1 is 1.44 bits per heavy atom. The van der Waals surface area contributed by atoms with Crippen LogP contribution in [0.2, 0.25) is 0 Å². The zero-order valence-corrected chi connectivity index (χ0v) is 13.3. The summed E-state index contributed by atoms with van der Waals surface area (Å²) in [4.78, 5) is 4.20. The standard InChI is InChI=1S/C11H18BrN3O2S/c1-8-5-10(13-6-9(8)12)14-7-11(2,3)15-18(4,16)17/h5-6,15H,7H2,1-4H3,(H,13,14). The number of pyridine rings is 1. The average molecular weight is 336 g/mol. The van der Waals surface area contributed by atoms with E-state index in [-0.39, 0.29) is 0 Å². The van der Waals surface area contributed by atoms with E-state index in [1.165, 1.54) is 0 Å². The number of hydrogen-bond donors (Lipinski definition) is 2. The van der Waals surface area contributed by atoms with E-state index in [1.807, 2.05) is 26.8 Å². The van der Waals surface area contributed by atoms with Gasteiger partial charge in [-0.1, -0.05) is 0 Å². The van der Waals surface area contributed by atoms with Crippen LogP contribution in [0.1, 0.15) is 19.4 Å². The van der Waals surface area contributed by atoms with E-state index >= 15 is 0 Å². The fraction of sp³-hybridized carbons (Fsp3) is 0.545. The van der Waals surface area contributed by atoms with Gasteiger partial charge in [-0.15, -0.1) is 0 Å². The first-order valence-corrected chi connectivity index (χ1v) is 8.12. The normalized spacial score (nSPS) is 12.5. The molecule has 7 heteroatoms. The monoisotopic (exact) mass is 335 g/mol. The van der Waals surface area contributed by atoms with Crippen LogP contribution >= 0.6 is 15.9 Å². The Balaban J connectivity index is 2.67. The zero-order chi connectivity index (χ0) is 14.0. The van der Waals surface area contributed by atoms with Crippen LogP contribution in [0, 0.1) is 6.92 Å². The largest absolute Gasteiger partial charge is 0.368 e. The molecule has 0 aliphatic heterocycles. The van der Waals surface area contributed by atoms with Gasteiger partial charge in [0.05, 0.1) is 6.26 Å². The predicted molar refractivity (Wildman–Crippen MR) is 77.2 cm³/mol. The van der Waals surface area contributed by atoms with Crippen LogP contribution in [-0.2, 0) is 10.0 Å². The summed E-state index contributed by atoms with van der Waals surface area (Å²) in [5, 5.41) is 3.12. The zero-order valence-electron chi connectivity index (χ0n) is 10.9. The minimum absolute atomic E-state index is 0.453. The lowest BCUT2D eigenvalue weighted by molar-refractivity contribution is 0.476. The van der Waals surface area contributed by atoms with Gasteiger partial charge in [-0.3, -0.25) is 0 Å².